The van der Waals surface area contributed by atoms with E-state index in [1.807, 2.05) is 11.8 Å². The smallest absolute Gasteiger partial charge is 0.252 e. The van der Waals surface area contributed by atoms with E-state index in [-0.39, 0.29) is 18.4 Å². The predicted molar refractivity (Wildman–Crippen MR) is 97.0 cm³/mol. The van der Waals surface area contributed by atoms with Crippen LogP contribution in [0.15, 0.2) is 21.7 Å². The summed E-state index contributed by atoms with van der Waals surface area (Å²) in [7, 11) is -3.48. The fourth-order valence-corrected chi connectivity index (χ4v) is 6.24. The lowest BCUT2D eigenvalue weighted by Crippen LogP contribution is -2.47. The van der Waals surface area contributed by atoms with Gasteiger partial charge in [0.2, 0.25) is 5.91 Å². The van der Waals surface area contributed by atoms with E-state index in [1.165, 1.54) is 15.6 Å². The monoisotopic (exact) mass is 386 g/mol. The summed E-state index contributed by atoms with van der Waals surface area (Å²) in [6.07, 6.45) is 2.48. The fourth-order valence-electron chi connectivity index (χ4n) is 3.57. The Labute approximate surface area is 153 Å². The molecule has 2 saturated heterocycles. The summed E-state index contributed by atoms with van der Waals surface area (Å²) in [5.41, 5.74) is 0. The summed E-state index contributed by atoms with van der Waals surface area (Å²) in [6, 6.07) is 3.37. The molecule has 0 aromatic carbocycles. The van der Waals surface area contributed by atoms with Crippen molar-refractivity contribution >= 4 is 27.3 Å². The average molecular weight is 387 g/mol. The number of hydrogen-bond acceptors (Lipinski definition) is 5. The molecule has 0 saturated carbocycles. The van der Waals surface area contributed by atoms with E-state index in [0.29, 0.717) is 36.4 Å². The molecular weight excluding hydrogens is 360 g/mol. The molecule has 140 valence electrons. The SMILES string of the molecule is CCN(CC1CCOC1)C(=O)C1CCCN(S(=O)(=O)c2cccs2)C1. The van der Waals surface area contributed by atoms with Crippen LogP contribution in [0.1, 0.15) is 26.2 Å². The van der Waals surface area contributed by atoms with Crippen LogP contribution < -0.4 is 0 Å². The van der Waals surface area contributed by atoms with Crippen molar-refractivity contribution in [2.45, 2.75) is 30.4 Å². The minimum atomic E-state index is -3.48. The van der Waals surface area contributed by atoms with Gasteiger partial charge in [-0.1, -0.05) is 6.07 Å². The highest BCUT2D eigenvalue weighted by atomic mass is 32.2. The van der Waals surface area contributed by atoms with Gasteiger partial charge in [0, 0.05) is 38.7 Å². The van der Waals surface area contributed by atoms with Crippen LogP contribution in [-0.4, -0.2) is 62.9 Å². The number of piperidine rings is 1. The highest BCUT2D eigenvalue weighted by Crippen LogP contribution is 2.27. The summed E-state index contributed by atoms with van der Waals surface area (Å²) in [5.74, 6) is 0.240. The molecule has 2 fully saturated rings. The summed E-state index contributed by atoms with van der Waals surface area (Å²) < 4.78 is 32.7. The number of rotatable bonds is 6. The molecule has 3 rings (SSSR count). The van der Waals surface area contributed by atoms with Crippen LogP contribution in [0, 0.1) is 11.8 Å². The van der Waals surface area contributed by atoms with Crippen molar-refractivity contribution in [2.24, 2.45) is 11.8 Å². The maximum Gasteiger partial charge on any atom is 0.252 e. The molecule has 0 N–H and O–H groups in total. The maximum absolute atomic E-state index is 12.9. The van der Waals surface area contributed by atoms with Gasteiger partial charge in [-0.25, -0.2) is 8.42 Å². The molecule has 2 aliphatic heterocycles. The van der Waals surface area contributed by atoms with E-state index in [9.17, 15) is 13.2 Å². The lowest BCUT2D eigenvalue weighted by molar-refractivity contribution is -0.137. The third-order valence-corrected chi connectivity index (χ3v) is 8.26. The Kier molecular flexibility index (Phi) is 6.14. The van der Waals surface area contributed by atoms with Crippen LogP contribution in [0.5, 0.6) is 0 Å². The number of carbonyl (C=O) groups is 1. The number of ether oxygens (including phenoxy) is 1. The molecule has 1 aromatic rings. The fraction of sp³-hybridized carbons (Fsp3) is 0.706. The molecule has 1 amide bonds. The van der Waals surface area contributed by atoms with Gasteiger partial charge in [0.15, 0.2) is 0 Å². The van der Waals surface area contributed by atoms with Crippen molar-refractivity contribution < 1.29 is 17.9 Å². The highest BCUT2D eigenvalue weighted by Gasteiger charge is 2.35. The molecule has 1 aromatic heterocycles. The van der Waals surface area contributed by atoms with Gasteiger partial charge in [0.1, 0.15) is 4.21 Å². The first kappa shape index (κ1) is 18.8. The molecule has 8 heteroatoms. The molecular formula is C17H26N2O4S2. The van der Waals surface area contributed by atoms with Gasteiger partial charge in [-0.3, -0.25) is 4.79 Å². The van der Waals surface area contributed by atoms with Crippen LogP contribution in [0.2, 0.25) is 0 Å². The van der Waals surface area contributed by atoms with Crippen LogP contribution in [0.4, 0.5) is 0 Å². The summed E-state index contributed by atoms with van der Waals surface area (Å²) >= 11 is 1.23. The highest BCUT2D eigenvalue weighted by molar-refractivity contribution is 7.91. The molecule has 6 nitrogen and oxygen atoms in total. The lowest BCUT2D eigenvalue weighted by Gasteiger charge is -2.34. The van der Waals surface area contributed by atoms with Crippen molar-refractivity contribution in [2.75, 3.05) is 39.4 Å². The van der Waals surface area contributed by atoms with E-state index in [2.05, 4.69) is 0 Å². The van der Waals surface area contributed by atoms with Gasteiger partial charge < -0.3 is 9.64 Å². The first-order valence-electron chi connectivity index (χ1n) is 8.92. The normalized spacial score (nSPS) is 25.2. The molecule has 0 spiro atoms. The number of carbonyl (C=O) groups excluding carboxylic acids is 1. The first-order valence-corrected chi connectivity index (χ1v) is 11.2. The number of hydrogen-bond donors (Lipinski definition) is 0. The lowest BCUT2D eigenvalue weighted by atomic mass is 9.97. The largest absolute Gasteiger partial charge is 0.381 e. The molecule has 2 unspecified atom stereocenters. The van der Waals surface area contributed by atoms with Crippen molar-refractivity contribution in [3.63, 3.8) is 0 Å². The second-order valence-corrected chi connectivity index (χ2v) is 9.85. The molecule has 3 heterocycles. The van der Waals surface area contributed by atoms with Crippen molar-refractivity contribution in [3.05, 3.63) is 17.5 Å². The van der Waals surface area contributed by atoms with Gasteiger partial charge in [-0.15, -0.1) is 11.3 Å². The first-order chi connectivity index (χ1) is 12.0. The minimum Gasteiger partial charge on any atom is -0.381 e. The Morgan fingerprint density at radius 1 is 1.44 bits per heavy atom. The second-order valence-electron chi connectivity index (χ2n) is 6.74. The summed E-state index contributed by atoms with van der Waals surface area (Å²) in [5, 5.41) is 1.77. The van der Waals surface area contributed by atoms with Gasteiger partial charge in [-0.05, 0) is 37.6 Å². The van der Waals surface area contributed by atoms with Crippen LogP contribution in [0.25, 0.3) is 0 Å². The predicted octanol–water partition coefficient (Wildman–Crippen LogP) is 2.03. The van der Waals surface area contributed by atoms with E-state index >= 15 is 0 Å². The number of nitrogens with zero attached hydrogens (tertiary/aromatic N) is 2. The molecule has 0 bridgehead atoms. The molecule has 0 aliphatic carbocycles. The summed E-state index contributed by atoms with van der Waals surface area (Å²) in [4.78, 5) is 14.8. The van der Waals surface area contributed by atoms with E-state index in [4.69, 9.17) is 4.74 Å². The van der Waals surface area contributed by atoms with Gasteiger partial charge >= 0.3 is 0 Å². The molecule has 2 aliphatic rings. The van der Waals surface area contributed by atoms with Crippen molar-refractivity contribution in [3.8, 4) is 0 Å². The maximum atomic E-state index is 12.9. The van der Waals surface area contributed by atoms with Crippen LogP contribution in [0.3, 0.4) is 0 Å². The third-order valence-electron chi connectivity index (χ3n) is 5.02. The zero-order chi connectivity index (χ0) is 17.9. The zero-order valence-corrected chi connectivity index (χ0v) is 16.2. The summed E-state index contributed by atoms with van der Waals surface area (Å²) in [6.45, 7) is 5.62. The Balaban J connectivity index is 1.66. The second kappa shape index (κ2) is 8.16. The number of amides is 1. The molecule has 2 atom stereocenters. The standard InChI is InChI=1S/C17H26N2O4S2/c1-2-18(11-14-7-9-23-13-14)17(20)15-5-3-8-19(12-15)25(21,22)16-6-4-10-24-16/h4,6,10,14-15H,2-3,5,7-9,11-13H2,1H3. The Bertz CT molecular complexity index is 669. The zero-order valence-electron chi connectivity index (χ0n) is 14.6. The van der Waals surface area contributed by atoms with Crippen LogP contribution in [-0.2, 0) is 19.6 Å². The molecule has 0 radical (unpaired) electrons. The number of thiophene rings is 1. The minimum absolute atomic E-state index is 0.0838. The third kappa shape index (κ3) is 4.24. The quantitative estimate of drug-likeness (QED) is 0.750. The van der Waals surface area contributed by atoms with Crippen LogP contribution >= 0.6 is 11.3 Å². The Hall–Kier alpha value is -0.960. The number of sulfonamides is 1. The van der Waals surface area contributed by atoms with Crippen molar-refractivity contribution in [1.29, 1.82) is 0 Å². The van der Waals surface area contributed by atoms with E-state index in [0.717, 1.165) is 25.9 Å². The van der Waals surface area contributed by atoms with Gasteiger partial charge in [0.05, 0.1) is 12.5 Å². The molecule has 25 heavy (non-hydrogen) atoms. The Morgan fingerprint density at radius 3 is 2.92 bits per heavy atom. The van der Waals surface area contributed by atoms with Gasteiger partial charge in [-0.2, -0.15) is 4.31 Å². The van der Waals surface area contributed by atoms with E-state index < -0.39 is 10.0 Å². The van der Waals surface area contributed by atoms with Gasteiger partial charge in [0.25, 0.3) is 10.0 Å². The topological polar surface area (TPSA) is 66.9 Å². The van der Waals surface area contributed by atoms with Crippen molar-refractivity contribution in [1.82, 2.24) is 9.21 Å². The Morgan fingerprint density at radius 2 is 2.28 bits per heavy atom. The average Bonchev–Trinajstić information content (AvgIpc) is 3.33. The van der Waals surface area contributed by atoms with E-state index in [1.54, 1.807) is 17.5 Å².